The van der Waals surface area contributed by atoms with Gasteiger partial charge in [-0.3, -0.25) is 10.4 Å². The van der Waals surface area contributed by atoms with Crippen LogP contribution >= 0.6 is 0 Å². The number of para-hydroxylation sites is 2. The number of benzene rings is 2. The van der Waals surface area contributed by atoms with Crippen molar-refractivity contribution in [3.63, 3.8) is 0 Å². The quantitative estimate of drug-likeness (QED) is 0.807. The first-order valence-electron chi connectivity index (χ1n) is 7.38. The van der Waals surface area contributed by atoms with Crippen LogP contribution in [0.4, 0.5) is 11.4 Å². The maximum atomic E-state index is 4.71. The summed E-state index contributed by atoms with van der Waals surface area (Å²) in [6, 6.07) is 24.0. The fourth-order valence-corrected chi connectivity index (χ4v) is 2.41. The third-order valence-electron chi connectivity index (χ3n) is 3.52. The lowest BCUT2D eigenvalue weighted by atomic mass is 10.3. The molecule has 0 fully saturated rings. The number of anilines is 2. The summed E-state index contributed by atoms with van der Waals surface area (Å²) >= 11 is 0. The maximum absolute atomic E-state index is 4.71. The second kappa shape index (κ2) is 5.81. The summed E-state index contributed by atoms with van der Waals surface area (Å²) in [6.45, 7) is 0. The Labute approximate surface area is 134 Å². The number of hydrazone groups is 1. The number of nitrogens with zero attached hydrogens (tertiary/aromatic N) is 4. The first-order chi connectivity index (χ1) is 11.4. The third-order valence-corrected chi connectivity index (χ3v) is 3.52. The van der Waals surface area contributed by atoms with E-state index < -0.39 is 0 Å². The van der Waals surface area contributed by atoms with E-state index in [2.05, 4.69) is 10.4 Å². The molecular formula is C18H15N5. The zero-order valence-corrected chi connectivity index (χ0v) is 12.4. The van der Waals surface area contributed by atoms with Crippen molar-refractivity contribution in [1.29, 1.82) is 0 Å². The van der Waals surface area contributed by atoms with E-state index in [1.807, 2.05) is 83.0 Å². The molecule has 3 aromatic rings. The van der Waals surface area contributed by atoms with Crippen LogP contribution in [-0.2, 0) is 0 Å². The first-order valence-corrected chi connectivity index (χ1v) is 7.38. The van der Waals surface area contributed by atoms with Crippen LogP contribution in [0.3, 0.4) is 0 Å². The molecule has 0 unspecified atom stereocenters. The highest BCUT2D eigenvalue weighted by molar-refractivity contribution is 6.01. The highest BCUT2D eigenvalue weighted by atomic mass is 15.9. The Bertz CT molecular complexity index is 803. The lowest BCUT2D eigenvalue weighted by Crippen LogP contribution is -2.44. The standard InChI is InChI=1S/C18H15N5/c1-3-9-16(10-4-1)22-20-18(15-8-7-13-19-14-15)21-23(22)17-11-5-2-6-12-17/h1-14H,(H,20,21). The summed E-state index contributed by atoms with van der Waals surface area (Å²) in [6.07, 6.45) is 3.55. The van der Waals surface area contributed by atoms with Crippen LogP contribution < -0.4 is 15.7 Å². The van der Waals surface area contributed by atoms with E-state index in [-0.39, 0.29) is 0 Å². The van der Waals surface area contributed by atoms with E-state index in [1.54, 1.807) is 12.4 Å². The molecule has 1 aliphatic heterocycles. The number of pyridine rings is 1. The molecule has 0 radical (unpaired) electrons. The van der Waals surface area contributed by atoms with Crippen LogP contribution in [0, 0.1) is 0 Å². The second-order valence-electron chi connectivity index (χ2n) is 5.07. The second-order valence-corrected chi connectivity index (χ2v) is 5.07. The predicted octanol–water partition coefficient (Wildman–Crippen LogP) is 3.19. The van der Waals surface area contributed by atoms with Crippen LogP contribution in [0.25, 0.3) is 0 Å². The normalized spacial score (nSPS) is 13.7. The van der Waals surface area contributed by atoms with Gasteiger partial charge in [0.05, 0.1) is 11.4 Å². The minimum atomic E-state index is 0.755. The van der Waals surface area contributed by atoms with Gasteiger partial charge >= 0.3 is 0 Å². The van der Waals surface area contributed by atoms with Gasteiger partial charge in [0.25, 0.3) is 0 Å². The average Bonchev–Trinajstić information content (AvgIpc) is 3.09. The molecule has 0 atom stereocenters. The number of aromatic nitrogens is 1. The highest BCUT2D eigenvalue weighted by Crippen LogP contribution is 2.25. The number of nitrogens with one attached hydrogen (secondary N) is 1. The van der Waals surface area contributed by atoms with Gasteiger partial charge in [0.1, 0.15) is 0 Å². The molecule has 0 amide bonds. The zero-order valence-electron chi connectivity index (χ0n) is 12.4. The fourth-order valence-electron chi connectivity index (χ4n) is 2.41. The Morgan fingerprint density at radius 3 is 2.09 bits per heavy atom. The van der Waals surface area contributed by atoms with Gasteiger partial charge in [-0.1, -0.05) is 36.4 Å². The molecule has 5 nitrogen and oxygen atoms in total. The third kappa shape index (κ3) is 2.60. The van der Waals surface area contributed by atoms with Gasteiger partial charge in [-0.15, -0.1) is 5.10 Å². The smallest absolute Gasteiger partial charge is 0.177 e. The molecular weight excluding hydrogens is 286 g/mol. The number of amidine groups is 1. The van der Waals surface area contributed by atoms with Crippen molar-refractivity contribution in [3.05, 3.63) is 90.8 Å². The molecule has 1 aliphatic rings. The Hall–Kier alpha value is -3.34. The molecule has 0 saturated heterocycles. The molecule has 2 heterocycles. The summed E-state index contributed by atoms with van der Waals surface area (Å²) < 4.78 is 0. The summed E-state index contributed by atoms with van der Waals surface area (Å²) in [5, 5.41) is 8.47. The highest BCUT2D eigenvalue weighted by Gasteiger charge is 2.26. The maximum Gasteiger partial charge on any atom is 0.177 e. The summed E-state index contributed by atoms with van der Waals surface area (Å²) in [7, 11) is 0. The summed E-state index contributed by atoms with van der Waals surface area (Å²) in [4.78, 5) is 4.17. The SMILES string of the molecule is c1ccc(N2N=C(c3cccnc3)NN2c2ccccc2)cc1. The largest absolute Gasteiger partial charge is 0.264 e. The number of hydrogen-bond donors (Lipinski definition) is 1. The molecule has 0 spiro atoms. The van der Waals surface area contributed by atoms with Crippen LogP contribution in [0.15, 0.2) is 90.3 Å². The number of hydrazine groups is 2. The van der Waals surface area contributed by atoms with E-state index in [4.69, 9.17) is 5.10 Å². The van der Waals surface area contributed by atoms with Gasteiger partial charge < -0.3 is 0 Å². The number of hydrogen-bond acceptors (Lipinski definition) is 5. The molecule has 1 aromatic heterocycles. The Balaban J connectivity index is 1.75. The minimum absolute atomic E-state index is 0.755. The fraction of sp³-hybridized carbons (Fsp3) is 0. The molecule has 0 bridgehead atoms. The van der Waals surface area contributed by atoms with Gasteiger partial charge in [-0.25, -0.2) is 0 Å². The Kier molecular flexibility index (Phi) is 3.37. The summed E-state index contributed by atoms with van der Waals surface area (Å²) in [5.41, 5.74) is 6.25. The minimum Gasteiger partial charge on any atom is -0.264 e. The molecule has 4 rings (SSSR count). The van der Waals surface area contributed by atoms with Crippen molar-refractivity contribution in [2.45, 2.75) is 0 Å². The number of rotatable bonds is 3. The van der Waals surface area contributed by atoms with Crippen LogP contribution in [0.1, 0.15) is 5.56 Å². The molecule has 0 aliphatic carbocycles. The molecule has 112 valence electrons. The average molecular weight is 301 g/mol. The molecule has 5 heteroatoms. The Morgan fingerprint density at radius 1 is 0.739 bits per heavy atom. The van der Waals surface area contributed by atoms with Crippen molar-refractivity contribution in [2.75, 3.05) is 10.2 Å². The van der Waals surface area contributed by atoms with Crippen LogP contribution in [-0.4, -0.2) is 10.8 Å². The van der Waals surface area contributed by atoms with Gasteiger partial charge in [0.15, 0.2) is 5.84 Å². The first kappa shape index (κ1) is 13.3. The van der Waals surface area contributed by atoms with Gasteiger partial charge in [-0.2, -0.15) is 10.2 Å². The molecule has 2 aromatic carbocycles. The lowest BCUT2D eigenvalue weighted by molar-refractivity contribution is 0.771. The summed E-state index contributed by atoms with van der Waals surface area (Å²) in [5.74, 6) is 0.755. The van der Waals surface area contributed by atoms with Gasteiger partial charge in [0.2, 0.25) is 0 Å². The van der Waals surface area contributed by atoms with Crippen LogP contribution in [0.5, 0.6) is 0 Å². The van der Waals surface area contributed by atoms with E-state index in [0.717, 1.165) is 22.8 Å². The predicted molar refractivity (Wildman–Crippen MR) is 91.8 cm³/mol. The Morgan fingerprint density at radius 2 is 1.43 bits per heavy atom. The van der Waals surface area contributed by atoms with Crippen molar-refractivity contribution in [3.8, 4) is 0 Å². The van der Waals surface area contributed by atoms with E-state index in [1.165, 1.54) is 0 Å². The molecule has 0 saturated carbocycles. The molecule has 23 heavy (non-hydrogen) atoms. The monoisotopic (exact) mass is 301 g/mol. The van der Waals surface area contributed by atoms with Crippen molar-refractivity contribution in [2.24, 2.45) is 5.10 Å². The van der Waals surface area contributed by atoms with Gasteiger partial charge in [0, 0.05) is 18.0 Å². The molecule has 1 N–H and O–H groups in total. The topological polar surface area (TPSA) is 43.8 Å². The van der Waals surface area contributed by atoms with Crippen LogP contribution in [0.2, 0.25) is 0 Å². The lowest BCUT2D eigenvalue weighted by Gasteiger charge is -2.27. The van der Waals surface area contributed by atoms with E-state index >= 15 is 0 Å². The van der Waals surface area contributed by atoms with E-state index in [0.29, 0.717) is 0 Å². The van der Waals surface area contributed by atoms with E-state index in [9.17, 15) is 0 Å². The zero-order chi connectivity index (χ0) is 15.5. The van der Waals surface area contributed by atoms with Crippen molar-refractivity contribution in [1.82, 2.24) is 10.4 Å². The van der Waals surface area contributed by atoms with Crippen molar-refractivity contribution < 1.29 is 0 Å². The van der Waals surface area contributed by atoms with Crippen molar-refractivity contribution >= 4 is 17.2 Å². The van der Waals surface area contributed by atoms with Gasteiger partial charge in [-0.05, 0) is 36.4 Å².